The van der Waals surface area contributed by atoms with Crippen LogP contribution in [0.4, 0.5) is 0 Å². The number of hydrogen-bond acceptors (Lipinski definition) is 3. The third-order valence-corrected chi connectivity index (χ3v) is 3.74. The molecule has 0 atom stereocenters. The normalized spacial score (nSPS) is 11.3. The molecule has 1 heterocycles. The van der Waals surface area contributed by atoms with Gasteiger partial charge >= 0.3 is 0 Å². The van der Waals surface area contributed by atoms with Crippen LogP contribution in [0.2, 0.25) is 0 Å². The van der Waals surface area contributed by atoms with Gasteiger partial charge in [0.05, 0.1) is 5.75 Å². The van der Waals surface area contributed by atoms with Gasteiger partial charge in [0.15, 0.2) is 5.78 Å². The average Bonchev–Trinajstić information content (AvgIpc) is 2.78. The van der Waals surface area contributed by atoms with E-state index in [2.05, 4.69) is 9.88 Å². The minimum atomic E-state index is 0.205. The third-order valence-electron chi connectivity index (χ3n) is 2.81. The molecule has 1 aromatic heterocycles. The quantitative estimate of drug-likeness (QED) is 0.642. The summed E-state index contributed by atoms with van der Waals surface area (Å²) in [4.78, 5) is 17.4. The number of ketones is 1. The number of hydrogen-bond donors (Lipinski definition) is 1. The van der Waals surface area contributed by atoms with Crippen molar-refractivity contribution in [1.29, 1.82) is 0 Å². The van der Waals surface area contributed by atoms with Gasteiger partial charge < -0.3 is 9.88 Å². The summed E-state index contributed by atoms with van der Waals surface area (Å²) in [6, 6.07) is 7.92. The highest BCUT2D eigenvalue weighted by Crippen LogP contribution is 2.19. The lowest BCUT2D eigenvalue weighted by molar-refractivity contribution is 0.102. The lowest BCUT2D eigenvalue weighted by Crippen LogP contribution is -2.15. The first-order chi connectivity index (χ1) is 8.68. The standard InChI is InChI=1S/C14H18N2OS/c1-16(2)7-8-18-10-14(17)12-9-15-13-6-4-3-5-11(12)13/h3-6,9,15H,7-8,10H2,1-2H3. The summed E-state index contributed by atoms with van der Waals surface area (Å²) >= 11 is 1.69. The van der Waals surface area contributed by atoms with Crippen molar-refractivity contribution in [2.75, 3.05) is 32.1 Å². The number of thioether (sulfide) groups is 1. The molecule has 0 aliphatic carbocycles. The zero-order chi connectivity index (χ0) is 13.0. The number of nitrogens with one attached hydrogen (secondary N) is 1. The highest BCUT2D eigenvalue weighted by Gasteiger charge is 2.11. The van der Waals surface area contributed by atoms with Crippen molar-refractivity contribution >= 4 is 28.4 Å². The summed E-state index contributed by atoms with van der Waals surface area (Å²) < 4.78 is 0. The predicted octanol–water partition coefficient (Wildman–Crippen LogP) is 2.65. The van der Waals surface area contributed by atoms with Crippen LogP contribution < -0.4 is 0 Å². The molecule has 4 heteroatoms. The molecule has 2 rings (SSSR count). The Kier molecular flexibility index (Phi) is 4.44. The molecule has 2 aromatic rings. The first-order valence-electron chi connectivity index (χ1n) is 6.00. The predicted molar refractivity (Wildman–Crippen MR) is 78.5 cm³/mol. The number of carbonyl (C=O) groups is 1. The number of aromatic nitrogens is 1. The molecule has 0 aliphatic rings. The van der Waals surface area contributed by atoms with Crippen molar-refractivity contribution in [2.24, 2.45) is 0 Å². The Balaban J connectivity index is 1.97. The van der Waals surface area contributed by atoms with Gasteiger partial charge in [0.25, 0.3) is 0 Å². The number of nitrogens with zero attached hydrogens (tertiary/aromatic N) is 1. The Morgan fingerprint density at radius 2 is 2.11 bits per heavy atom. The Morgan fingerprint density at radius 3 is 2.89 bits per heavy atom. The van der Waals surface area contributed by atoms with Gasteiger partial charge in [-0.1, -0.05) is 18.2 Å². The van der Waals surface area contributed by atoms with Gasteiger partial charge in [-0.3, -0.25) is 4.79 Å². The summed E-state index contributed by atoms with van der Waals surface area (Å²) in [5.41, 5.74) is 1.84. The topological polar surface area (TPSA) is 36.1 Å². The lowest BCUT2D eigenvalue weighted by atomic mass is 10.1. The summed E-state index contributed by atoms with van der Waals surface area (Å²) in [6.45, 7) is 1.01. The molecule has 18 heavy (non-hydrogen) atoms. The van der Waals surface area contributed by atoms with Gasteiger partial charge in [-0.05, 0) is 20.2 Å². The molecule has 0 unspecified atom stereocenters. The highest BCUT2D eigenvalue weighted by atomic mass is 32.2. The fourth-order valence-electron chi connectivity index (χ4n) is 1.79. The number of benzene rings is 1. The smallest absolute Gasteiger partial charge is 0.174 e. The van der Waals surface area contributed by atoms with Crippen LogP contribution in [0.3, 0.4) is 0 Å². The monoisotopic (exact) mass is 262 g/mol. The molecule has 0 saturated heterocycles. The summed E-state index contributed by atoms with van der Waals surface area (Å²) in [6.07, 6.45) is 1.82. The molecule has 0 amide bonds. The van der Waals surface area contributed by atoms with Gasteiger partial charge in [-0.25, -0.2) is 0 Å². The third kappa shape index (κ3) is 3.15. The van der Waals surface area contributed by atoms with E-state index in [4.69, 9.17) is 0 Å². The largest absolute Gasteiger partial charge is 0.360 e. The number of carbonyl (C=O) groups excluding carboxylic acids is 1. The molecule has 0 fully saturated rings. The Hall–Kier alpha value is -1.26. The second-order valence-corrected chi connectivity index (χ2v) is 5.63. The van der Waals surface area contributed by atoms with Crippen molar-refractivity contribution in [3.63, 3.8) is 0 Å². The maximum absolute atomic E-state index is 12.1. The van der Waals surface area contributed by atoms with Crippen LogP contribution in [0.25, 0.3) is 10.9 Å². The molecule has 0 aliphatic heterocycles. The summed E-state index contributed by atoms with van der Waals surface area (Å²) in [5.74, 6) is 1.74. The van der Waals surface area contributed by atoms with Crippen molar-refractivity contribution in [2.45, 2.75) is 0 Å². The Bertz CT molecular complexity index is 533. The molecule has 1 aromatic carbocycles. The second kappa shape index (κ2) is 6.07. The lowest BCUT2D eigenvalue weighted by Gasteiger charge is -2.07. The van der Waals surface area contributed by atoms with Crippen LogP contribution in [0.1, 0.15) is 10.4 Å². The van der Waals surface area contributed by atoms with Crippen LogP contribution in [0.5, 0.6) is 0 Å². The van der Waals surface area contributed by atoms with Crippen molar-refractivity contribution in [3.05, 3.63) is 36.0 Å². The highest BCUT2D eigenvalue weighted by molar-refractivity contribution is 8.00. The maximum Gasteiger partial charge on any atom is 0.174 e. The molecule has 0 spiro atoms. The fraction of sp³-hybridized carbons (Fsp3) is 0.357. The van der Waals surface area contributed by atoms with E-state index in [0.29, 0.717) is 5.75 Å². The second-order valence-electron chi connectivity index (χ2n) is 4.53. The van der Waals surface area contributed by atoms with Gasteiger partial charge in [0.1, 0.15) is 0 Å². The zero-order valence-corrected chi connectivity index (χ0v) is 11.6. The van der Waals surface area contributed by atoms with Crippen LogP contribution >= 0.6 is 11.8 Å². The van der Waals surface area contributed by atoms with E-state index >= 15 is 0 Å². The number of para-hydroxylation sites is 1. The summed E-state index contributed by atoms with van der Waals surface area (Å²) in [5, 5.41) is 1.02. The van der Waals surface area contributed by atoms with Gasteiger partial charge in [-0.2, -0.15) is 11.8 Å². The molecule has 0 bridgehead atoms. The minimum absolute atomic E-state index is 0.205. The number of Topliss-reactive ketones (excluding diaryl/α,β-unsaturated/α-hetero) is 1. The van der Waals surface area contributed by atoms with E-state index in [-0.39, 0.29) is 5.78 Å². The number of fused-ring (bicyclic) bond motifs is 1. The van der Waals surface area contributed by atoms with E-state index in [1.54, 1.807) is 11.8 Å². The van der Waals surface area contributed by atoms with E-state index in [9.17, 15) is 4.79 Å². The molecule has 3 nitrogen and oxygen atoms in total. The summed E-state index contributed by atoms with van der Waals surface area (Å²) in [7, 11) is 4.09. The number of aromatic amines is 1. The molecular formula is C14H18N2OS. The fourth-order valence-corrected chi connectivity index (χ4v) is 2.77. The Labute approximate surface area is 112 Å². The molecule has 0 saturated carbocycles. The van der Waals surface area contributed by atoms with Crippen molar-refractivity contribution in [1.82, 2.24) is 9.88 Å². The minimum Gasteiger partial charge on any atom is -0.360 e. The van der Waals surface area contributed by atoms with Crippen LogP contribution in [-0.4, -0.2) is 47.8 Å². The number of rotatable bonds is 6. The van der Waals surface area contributed by atoms with Crippen molar-refractivity contribution in [3.8, 4) is 0 Å². The molecule has 1 N–H and O–H groups in total. The molecular weight excluding hydrogens is 244 g/mol. The van der Waals surface area contributed by atoms with E-state index in [0.717, 1.165) is 28.8 Å². The first kappa shape index (κ1) is 13.2. The van der Waals surface area contributed by atoms with Gasteiger partial charge in [0.2, 0.25) is 0 Å². The van der Waals surface area contributed by atoms with E-state index in [1.165, 1.54) is 0 Å². The molecule has 96 valence electrons. The maximum atomic E-state index is 12.1. The van der Waals surface area contributed by atoms with Gasteiger partial charge in [0, 0.05) is 35.0 Å². The average molecular weight is 262 g/mol. The van der Waals surface area contributed by atoms with Crippen LogP contribution in [0.15, 0.2) is 30.5 Å². The SMILES string of the molecule is CN(C)CCSCC(=O)c1c[nH]c2ccccc12. The first-order valence-corrected chi connectivity index (χ1v) is 7.16. The van der Waals surface area contributed by atoms with Crippen LogP contribution in [-0.2, 0) is 0 Å². The number of H-pyrrole nitrogens is 1. The van der Waals surface area contributed by atoms with Crippen LogP contribution in [0, 0.1) is 0 Å². The molecule has 0 radical (unpaired) electrons. The van der Waals surface area contributed by atoms with Gasteiger partial charge in [-0.15, -0.1) is 0 Å². The van der Waals surface area contributed by atoms with Crippen molar-refractivity contribution < 1.29 is 4.79 Å². The Morgan fingerprint density at radius 1 is 1.33 bits per heavy atom. The zero-order valence-electron chi connectivity index (χ0n) is 10.8. The van der Waals surface area contributed by atoms with E-state index < -0.39 is 0 Å². The van der Waals surface area contributed by atoms with E-state index in [1.807, 2.05) is 44.6 Å².